The third-order valence-corrected chi connectivity index (χ3v) is 4.06. The molecule has 0 spiro atoms. The standard InChI is InChI=1S/C14H15ClF2N2O/c1-14(3-2-4-20-8-14)19-11-6-9(16)5-10(17)13(11)18-12(19)7-15/h5-6H,2-4,7-8H2,1H3. The van der Waals surface area contributed by atoms with Crippen LogP contribution in [0.2, 0.25) is 0 Å². The van der Waals surface area contributed by atoms with Gasteiger partial charge in [0, 0.05) is 18.7 Å². The fourth-order valence-corrected chi connectivity index (χ4v) is 3.12. The van der Waals surface area contributed by atoms with Gasteiger partial charge in [0.15, 0.2) is 5.82 Å². The van der Waals surface area contributed by atoms with Gasteiger partial charge in [-0.1, -0.05) is 0 Å². The minimum absolute atomic E-state index is 0.144. The van der Waals surface area contributed by atoms with E-state index in [0.717, 1.165) is 18.9 Å². The Bertz CT molecular complexity index is 650. The molecule has 0 N–H and O–H groups in total. The third-order valence-electron chi connectivity index (χ3n) is 3.82. The van der Waals surface area contributed by atoms with Crippen LogP contribution in [0.3, 0.4) is 0 Å². The highest BCUT2D eigenvalue weighted by Crippen LogP contribution is 2.34. The molecule has 3 nitrogen and oxygen atoms in total. The quantitative estimate of drug-likeness (QED) is 0.793. The Kier molecular flexibility index (Phi) is 3.42. The summed E-state index contributed by atoms with van der Waals surface area (Å²) in [6.07, 6.45) is 1.76. The highest BCUT2D eigenvalue weighted by Gasteiger charge is 2.33. The zero-order valence-electron chi connectivity index (χ0n) is 11.1. The number of halogens is 3. The van der Waals surface area contributed by atoms with Crippen molar-refractivity contribution in [2.75, 3.05) is 13.2 Å². The topological polar surface area (TPSA) is 27.1 Å². The van der Waals surface area contributed by atoms with E-state index in [1.54, 1.807) is 0 Å². The molecule has 0 amide bonds. The fourth-order valence-electron chi connectivity index (χ4n) is 2.94. The van der Waals surface area contributed by atoms with Crippen LogP contribution in [0.25, 0.3) is 11.0 Å². The Balaban J connectivity index is 2.27. The second kappa shape index (κ2) is 4.97. The van der Waals surface area contributed by atoms with Gasteiger partial charge in [0.25, 0.3) is 0 Å². The van der Waals surface area contributed by atoms with Gasteiger partial charge in [0.05, 0.1) is 23.5 Å². The second-order valence-electron chi connectivity index (χ2n) is 5.41. The maximum absolute atomic E-state index is 13.9. The van der Waals surface area contributed by atoms with E-state index in [1.165, 1.54) is 6.07 Å². The average Bonchev–Trinajstić information content (AvgIpc) is 2.79. The van der Waals surface area contributed by atoms with Gasteiger partial charge in [0.2, 0.25) is 0 Å². The highest BCUT2D eigenvalue weighted by molar-refractivity contribution is 6.16. The lowest BCUT2D eigenvalue weighted by molar-refractivity contribution is 0.0104. The lowest BCUT2D eigenvalue weighted by atomic mass is 9.94. The van der Waals surface area contributed by atoms with Crippen LogP contribution in [0.5, 0.6) is 0 Å². The Hall–Kier alpha value is -1.20. The van der Waals surface area contributed by atoms with Crippen LogP contribution >= 0.6 is 11.6 Å². The predicted molar refractivity (Wildman–Crippen MR) is 72.9 cm³/mol. The number of rotatable bonds is 2. The molecule has 1 aromatic heterocycles. The van der Waals surface area contributed by atoms with Crippen molar-refractivity contribution in [2.24, 2.45) is 0 Å². The molecule has 0 saturated carbocycles. The summed E-state index contributed by atoms with van der Waals surface area (Å²) in [6.45, 7) is 3.20. The molecule has 3 rings (SSSR count). The van der Waals surface area contributed by atoms with E-state index in [-0.39, 0.29) is 16.9 Å². The van der Waals surface area contributed by atoms with Crippen LogP contribution in [-0.4, -0.2) is 22.8 Å². The fraction of sp³-hybridized carbons (Fsp3) is 0.500. The first kappa shape index (κ1) is 13.8. The van der Waals surface area contributed by atoms with E-state index in [1.807, 2.05) is 11.5 Å². The monoisotopic (exact) mass is 300 g/mol. The number of ether oxygens (including phenoxy) is 1. The van der Waals surface area contributed by atoms with Gasteiger partial charge in [0.1, 0.15) is 17.2 Å². The van der Waals surface area contributed by atoms with Crippen molar-refractivity contribution in [3.05, 3.63) is 29.6 Å². The molecular weight excluding hydrogens is 286 g/mol. The largest absolute Gasteiger partial charge is 0.379 e. The third kappa shape index (κ3) is 2.09. The van der Waals surface area contributed by atoms with Crippen molar-refractivity contribution in [3.8, 4) is 0 Å². The Morgan fingerprint density at radius 3 is 2.90 bits per heavy atom. The average molecular weight is 301 g/mol. The first-order chi connectivity index (χ1) is 9.55. The molecule has 1 unspecified atom stereocenters. The number of hydrogen-bond acceptors (Lipinski definition) is 2. The van der Waals surface area contributed by atoms with Gasteiger partial charge in [-0.25, -0.2) is 13.8 Å². The summed E-state index contributed by atoms with van der Waals surface area (Å²) in [5, 5.41) is 0. The molecule has 0 aliphatic carbocycles. The SMILES string of the molecule is CC1(n2c(CCl)nc3c(F)cc(F)cc32)CCCOC1. The van der Waals surface area contributed by atoms with E-state index in [9.17, 15) is 8.78 Å². The van der Waals surface area contributed by atoms with Crippen molar-refractivity contribution in [1.29, 1.82) is 0 Å². The van der Waals surface area contributed by atoms with E-state index < -0.39 is 11.6 Å². The Morgan fingerprint density at radius 2 is 2.25 bits per heavy atom. The summed E-state index contributed by atoms with van der Waals surface area (Å²) in [5.41, 5.74) is 0.220. The molecule has 1 atom stereocenters. The molecular formula is C14H15ClF2N2O. The van der Waals surface area contributed by atoms with Crippen molar-refractivity contribution in [2.45, 2.75) is 31.2 Å². The Morgan fingerprint density at radius 1 is 1.45 bits per heavy atom. The van der Waals surface area contributed by atoms with Gasteiger partial charge >= 0.3 is 0 Å². The zero-order valence-corrected chi connectivity index (χ0v) is 11.9. The van der Waals surface area contributed by atoms with E-state index >= 15 is 0 Å². The number of imidazole rings is 1. The molecule has 0 radical (unpaired) electrons. The summed E-state index contributed by atoms with van der Waals surface area (Å²) in [4.78, 5) is 4.23. The van der Waals surface area contributed by atoms with Crippen LogP contribution in [0, 0.1) is 11.6 Å². The number of alkyl halides is 1. The van der Waals surface area contributed by atoms with Crippen LogP contribution in [0.4, 0.5) is 8.78 Å². The highest BCUT2D eigenvalue weighted by atomic mass is 35.5. The van der Waals surface area contributed by atoms with Gasteiger partial charge in [-0.15, -0.1) is 11.6 Å². The summed E-state index contributed by atoms with van der Waals surface area (Å²) < 4.78 is 34.8. The lowest BCUT2D eigenvalue weighted by Crippen LogP contribution is -2.39. The minimum Gasteiger partial charge on any atom is -0.379 e. The van der Waals surface area contributed by atoms with Gasteiger partial charge in [-0.2, -0.15) is 0 Å². The van der Waals surface area contributed by atoms with E-state index in [0.29, 0.717) is 24.6 Å². The summed E-state index contributed by atoms with van der Waals surface area (Å²) in [5.74, 6) is -0.590. The molecule has 1 saturated heterocycles. The van der Waals surface area contributed by atoms with Gasteiger partial charge in [-0.05, 0) is 19.8 Å². The molecule has 108 valence electrons. The molecule has 1 fully saturated rings. The first-order valence-electron chi connectivity index (χ1n) is 6.56. The molecule has 20 heavy (non-hydrogen) atoms. The molecule has 2 heterocycles. The first-order valence-corrected chi connectivity index (χ1v) is 7.09. The Labute approximate surface area is 120 Å². The van der Waals surface area contributed by atoms with Crippen LogP contribution in [0.1, 0.15) is 25.6 Å². The predicted octanol–water partition coefficient (Wildman–Crippen LogP) is 3.58. The van der Waals surface area contributed by atoms with Crippen LogP contribution in [0.15, 0.2) is 12.1 Å². The summed E-state index contributed by atoms with van der Waals surface area (Å²) >= 11 is 5.94. The summed E-state index contributed by atoms with van der Waals surface area (Å²) in [7, 11) is 0. The van der Waals surface area contributed by atoms with Crippen molar-refractivity contribution < 1.29 is 13.5 Å². The van der Waals surface area contributed by atoms with Crippen molar-refractivity contribution in [3.63, 3.8) is 0 Å². The number of fused-ring (bicyclic) bond motifs is 1. The maximum atomic E-state index is 13.9. The number of aromatic nitrogens is 2. The van der Waals surface area contributed by atoms with Crippen LogP contribution < -0.4 is 0 Å². The summed E-state index contributed by atoms with van der Waals surface area (Å²) in [6, 6.07) is 2.15. The molecule has 1 aromatic carbocycles. The number of nitrogens with zero attached hydrogens (tertiary/aromatic N) is 2. The van der Waals surface area contributed by atoms with E-state index in [4.69, 9.17) is 16.3 Å². The van der Waals surface area contributed by atoms with Gasteiger partial charge in [-0.3, -0.25) is 0 Å². The second-order valence-corrected chi connectivity index (χ2v) is 5.67. The number of hydrogen-bond donors (Lipinski definition) is 0. The smallest absolute Gasteiger partial charge is 0.153 e. The normalized spacial score (nSPS) is 23.4. The molecule has 2 aromatic rings. The molecule has 1 aliphatic heterocycles. The minimum atomic E-state index is -0.662. The zero-order chi connectivity index (χ0) is 14.3. The van der Waals surface area contributed by atoms with Crippen molar-refractivity contribution in [1.82, 2.24) is 9.55 Å². The van der Waals surface area contributed by atoms with Gasteiger partial charge < -0.3 is 9.30 Å². The molecule has 0 bridgehead atoms. The molecule has 6 heteroatoms. The maximum Gasteiger partial charge on any atom is 0.153 e. The number of benzene rings is 1. The van der Waals surface area contributed by atoms with E-state index in [2.05, 4.69) is 4.98 Å². The van der Waals surface area contributed by atoms with Crippen molar-refractivity contribution >= 4 is 22.6 Å². The van der Waals surface area contributed by atoms with Crippen LogP contribution in [-0.2, 0) is 16.2 Å². The lowest BCUT2D eigenvalue weighted by Gasteiger charge is -2.36. The molecule has 1 aliphatic rings.